The van der Waals surface area contributed by atoms with Gasteiger partial charge in [0.05, 0.1) is 11.7 Å². The third-order valence-electron chi connectivity index (χ3n) is 2.14. The maximum atomic E-state index is 5.82. The monoisotopic (exact) mass is 200 g/mol. The zero-order valence-corrected chi connectivity index (χ0v) is 8.44. The maximum Gasteiger partial charge on any atom is 0.0729 e. The molecule has 0 atom stereocenters. The molecule has 1 heterocycles. The molecule has 0 radical (unpaired) electrons. The normalized spacial score (nSPS) is 11.0. The van der Waals surface area contributed by atoms with Crippen molar-refractivity contribution >= 4 is 22.8 Å². The van der Waals surface area contributed by atoms with Gasteiger partial charge in [-0.3, -0.25) is 4.98 Å². The van der Waals surface area contributed by atoms with Crippen molar-refractivity contribution in [2.45, 2.75) is 0 Å². The first kappa shape index (κ1) is 9.45. The quantitative estimate of drug-likeness (QED) is 0.568. The number of pyridine rings is 1. The third-order valence-corrected chi connectivity index (χ3v) is 2.14. The van der Waals surface area contributed by atoms with Gasteiger partial charge in [0, 0.05) is 24.3 Å². The van der Waals surface area contributed by atoms with E-state index >= 15 is 0 Å². The first-order chi connectivity index (χ1) is 7.31. The Hall–Kier alpha value is -2.10. The van der Waals surface area contributed by atoms with Crippen molar-refractivity contribution in [3.05, 3.63) is 36.0 Å². The number of rotatable bonds is 2. The Balaban J connectivity index is 2.52. The Labute approximate surface area is 87.8 Å². The topological polar surface area (TPSA) is 63.3 Å². The molecule has 0 amide bonds. The number of hydrazone groups is 1. The minimum atomic E-state index is 0.747. The molecule has 0 saturated carbocycles. The molecule has 2 aromatic rings. The van der Waals surface area contributed by atoms with Crippen LogP contribution in [0.3, 0.4) is 0 Å². The van der Waals surface area contributed by atoms with Crippen molar-refractivity contribution in [3.8, 4) is 0 Å². The predicted octanol–water partition coefficient (Wildman–Crippen LogP) is 1.37. The van der Waals surface area contributed by atoms with Crippen LogP contribution in [0.2, 0.25) is 0 Å². The van der Waals surface area contributed by atoms with Gasteiger partial charge in [-0.15, -0.1) is 0 Å². The molecule has 2 rings (SSSR count). The summed E-state index contributed by atoms with van der Waals surface area (Å²) in [6, 6.07) is 7.66. The molecule has 76 valence electrons. The van der Waals surface area contributed by atoms with E-state index < -0.39 is 0 Å². The summed E-state index contributed by atoms with van der Waals surface area (Å²) in [7, 11) is 1.76. The highest BCUT2D eigenvalue weighted by Gasteiger charge is 1.98. The lowest BCUT2D eigenvalue weighted by Gasteiger charge is -2.01. The van der Waals surface area contributed by atoms with E-state index in [9.17, 15) is 0 Å². The first-order valence-corrected chi connectivity index (χ1v) is 4.65. The van der Waals surface area contributed by atoms with Gasteiger partial charge < -0.3 is 11.2 Å². The summed E-state index contributed by atoms with van der Waals surface area (Å²) < 4.78 is 0. The molecular formula is C11H12N4. The maximum absolute atomic E-state index is 5.82. The van der Waals surface area contributed by atoms with Crippen LogP contribution < -0.4 is 11.2 Å². The Morgan fingerprint density at radius 3 is 3.07 bits per heavy atom. The van der Waals surface area contributed by atoms with Gasteiger partial charge in [-0.1, -0.05) is 12.1 Å². The average Bonchev–Trinajstić information content (AvgIpc) is 2.26. The van der Waals surface area contributed by atoms with Crippen molar-refractivity contribution in [3.63, 3.8) is 0 Å². The molecule has 15 heavy (non-hydrogen) atoms. The third kappa shape index (κ3) is 1.88. The van der Waals surface area contributed by atoms with Gasteiger partial charge in [-0.2, -0.15) is 5.10 Å². The minimum absolute atomic E-state index is 0.747. The van der Waals surface area contributed by atoms with Crippen molar-refractivity contribution in [1.29, 1.82) is 0 Å². The zero-order chi connectivity index (χ0) is 10.7. The van der Waals surface area contributed by atoms with Crippen LogP contribution in [0.1, 0.15) is 5.56 Å². The second-order valence-electron chi connectivity index (χ2n) is 3.16. The van der Waals surface area contributed by atoms with Gasteiger partial charge in [0.25, 0.3) is 0 Å². The van der Waals surface area contributed by atoms with E-state index in [1.807, 2.05) is 18.2 Å². The second-order valence-corrected chi connectivity index (χ2v) is 3.16. The van der Waals surface area contributed by atoms with Gasteiger partial charge in [-0.05, 0) is 17.7 Å². The number of hydrogen-bond donors (Lipinski definition) is 2. The van der Waals surface area contributed by atoms with Gasteiger partial charge in [0.1, 0.15) is 0 Å². The number of nitrogens with one attached hydrogen (secondary N) is 1. The van der Waals surface area contributed by atoms with Crippen LogP contribution in [0, 0.1) is 0 Å². The fourth-order valence-corrected chi connectivity index (χ4v) is 1.41. The molecule has 0 aliphatic rings. The highest BCUT2D eigenvalue weighted by molar-refractivity contribution is 5.94. The average molecular weight is 200 g/mol. The summed E-state index contributed by atoms with van der Waals surface area (Å²) >= 11 is 0. The Morgan fingerprint density at radius 1 is 1.40 bits per heavy atom. The fourth-order valence-electron chi connectivity index (χ4n) is 1.41. The Bertz CT molecular complexity index is 505. The summed E-state index contributed by atoms with van der Waals surface area (Å²) in [4.78, 5) is 4.25. The standard InChI is InChI=1S/C11H12N4/c1-13-15-7-8-2-3-9-10(12)4-5-14-11(9)6-8/h2-7,13H,1H3,(H2,12,14). The number of nitrogens with zero attached hydrogens (tertiary/aromatic N) is 2. The highest BCUT2D eigenvalue weighted by Crippen LogP contribution is 2.18. The molecule has 3 N–H and O–H groups in total. The van der Waals surface area contributed by atoms with Crippen LogP contribution in [0.25, 0.3) is 10.9 Å². The van der Waals surface area contributed by atoms with Crippen molar-refractivity contribution < 1.29 is 0 Å². The van der Waals surface area contributed by atoms with Gasteiger partial charge in [0.2, 0.25) is 0 Å². The number of nitrogens with two attached hydrogens (primary N) is 1. The lowest BCUT2D eigenvalue weighted by Crippen LogP contribution is -1.95. The minimum Gasteiger partial charge on any atom is -0.398 e. The van der Waals surface area contributed by atoms with Crippen LogP contribution in [0.5, 0.6) is 0 Å². The lowest BCUT2D eigenvalue weighted by molar-refractivity contribution is 0.908. The molecule has 1 aromatic carbocycles. The lowest BCUT2D eigenvalue weighted by atomic mass is 10.1. The summed E-state index contributed by atoms with van der Waals surface area (Å²) in [6.07, 6.45) is 3.45. The van der Waals surface area contributed by atoms with Crippen molar-refractivity contribution in [2.75, 3.05) is 12.8 Å². The molecule has 0 fully saturated rings. The van der Waals surface area contributed by atoms with Crippen LogP contribution in [0.4, 0.5) is 5.69 Å². The highest BCUT2D eigenvalue weighted by atomic mass is 15.3. The number of fused-ring (bicyclic) bond motifs is 1. The largest absolute Gasteiger partial charge is 0.398 e. The molecular weight excluding hydrogens is 188 g/mol. The molecule has 0 aliphatic carbocycles. The van der Waals surface area contributed by atoms with E-state index in [0.29, 0.717) is 0 Å². The molecule has 0 bridgehead atoms. The molecule has 4 heteroatoms. The number of aromatic nitrogens is 1. The SMILES string of the molecule is CNN=Cc1ccc2c(N)ccnc2c1. The molecule has 0 aliphatic heterocycles. The molecule has 1 aromatic heterocycles. The smallest absolute Gasteiger partial charge is 0.0729 e. The summed E-state index contributed by atoms with van der Waals surface area (Å²) in [6.45, 7) is 0. The van der Waals surface area contributed by atoms with Crippen LogP contribution >= 0.6 is 0 Å². The predicted molar refractivity (Wildman–Crippen MR) is 62.8 cm³/mol. The van der Waals surface area contributed by atoms with E-state index in [0.717, 1.165) is 22.2 Å². The Kier molecular flexibility index (Phi) is 2.49. The van der Waals surface area contributed by atoms with E-state index in [-0.39, 0.29) is 0 Å². The number of anilines is 1. The van der Waals surface area contributed by atoms with Crippen molar-refractivity contribution in [2.24, 2.45) is 5.10 Å². The number of hydrogen-bond acceptors (Lipinski definition) is 4. The van der Waals surface area contributed by atoms with Crippen LogP contribution in [0.15, 0.2) is 35.6 Å². The van der Waals surface area contributed by atoms with E-state index in [1.165, 1.54) is 0 Å². The summed E-state index contributed by atoms with van der Waals surface area (Å²) in [5.41, 5.74) is 11.1. The van der Waals surface area contributed by atoms with Gasteiger partial charge in [-0.25, -0.2) is 0 Å². The van der Waals surface area contributed by atoms with E-state index in [4.69, 9.17) is 5.73 Å². The molecule has 4 nitrogen and oxygen atoms in total. The summed E-state index contributed by atoms with van der Waals surface area (Å²) in [5, 5.41) is 4.91. The Morgan fingerprint density at radius 2 is 2.27 bits per heavy atom. The molecule has 0 saturated heterocycles. The van der Waals surface area contributed by atoms with Gasteiger partial charge in [0.15, 0.2) is 0 Å². The second kappa shape index (κ2) is 3.96. The van der Waals surface area contributed by atoms with E-state index in [1.54, 1.807) is 25.5 Å². The van der Waals surface area contributed by atoms with Crippen LogP contribution in [-0.2, 0) is 0 Å². The van der Waals surface area contributed by atoms with E-state index in [2.05, 4.69) is 15.5 Å². The molecule has 0 spiro atoms. The zero-order valence-electron chi connectivity index (χ0n) is 8.44. The van der Waals surface area contributed by atoms with Gasteiger partial charge >= 0.3 is 0 Å². The van der Waals surface area contributed by atoms with Crippen molar-refractivity contribution in [1.82, 2.24) is 10.4 Å². The number of benzene rings is 1. The molecule has 0 unspecified atom stereocenters. The fraction of sp³-hybridized carbons (Fsp3) is 0.0909. The number of nitrogen functional groups attached to an aromatic ring is 1. The van der Waals surface area contributed by atoms with Crippen LogP contribution in [-0.4, -0.2) is 18.2 Å². The first-order valence-electron chi connectivity index (χ1n) is 4.65. The summed E-state index contributed by atoms with van der Waals surface area (Å²) in [5.74, 6) is 0.